The van der Waals surface area contributed by atoms with Crippen LogP contribution in [-0.2, 0) is 0 Å². The molecule has 0 spiro atoms. The molecule has 0 fully saturated rings. The third kappa shape index (κ3) is 2.62. The summed E-state index contributed by atoms with van der Waals surface area (Å²) in [6.45, 7) is 0. The highest BCUT2D eigenvalue weighted by Crippen LogP contribution is 2.25. The second-order valence-electron chi connectivity index (χ2n) is 4.34. The van der Waals surface area contributed by atoms with Crippen LogP contribution in [-0.4, -0.2) is 21.1 Å². The summed E-state index contributed by atoms with van der Waals surface area (Å²) >= 11 is 3.44. The fourth-order valence-electron chi connectivity index (χ4n) is 2.00. The lowest BCUT2D eigenvalue weighted by atomic mass is 10.1. The Morgan fingerprint density at radius 3 is 2.76 bits per heavy atom. The van der Waals surface area contributed by atoms with Gasteiger partial charge in [0.05, 0.1) is 17.4 Å². The Morgan fingerprint density at radius 2 is 2.05 bits per heavy atom. The Kier molecular flexibility index (Phi) is 3.62. The fourth-order valence-corrected chi connectivity index (χ4v) is 2.47. The van der Waals surface area contributed by atoms with Gasteiger partial charge >= 0.3 is 0 Å². The van der Waals surface area contributed by atoms with E-state index >= 15 is 0 Å². The highest BCUT2D eigenvalue weighted by Gasteiger charge is 2.13. The van der Waals surface area contributed by atoms with Crippen molar-refractivity contribution in [1.29, 1.82) is 0 Å². The van der Waals surface area contributed by atoms with E-state index in [1.807, 2.05) is 24.3 Å². The first kappa shape index (κ1) is 13.6. The number of rotatable bonds is 3. The molecule has 0 saturated carbocycles. The van der Waals surface area contributed by atoms with E-state index in [0.717, 1.165) is 16.4 Å². The van der Waals surface area contributed by atoms with Gasteiger partial charge in [-0.25, -0.2) is 9.07 Å². The van der Waals surface area contributed by atoms with Crippen LogP contribution >= 0.6 is 15.9 Å². The second-order valence-corrected chi connectivity index (χ2v) is 5.19. The first-order valence-electron chi connectivity index (χ1n) is 6.09. The number of pyridine rings is 1. The molecule has 2 heterocycles. The van der Waals surface area contributed by atoms with Crippen LogP contribution in [0, 0.1) is 5.82 Å². The molecule has 104 valence electrons. The zero-order valence-corrected chi connectivity index (χ0v) is 12.3. The molecule has 2 aromatic heterocycles. The van der Waals surface area contributed by atoms with Gasteiger partial charge in [-0.1, -0.05) is 12.1 Å². The number of benzene rings is 1. The van der Waals surface area contributed by atoms with Crippen LogP contribution < -0.4 is 0 Å². The largest absolute Gasteiger partial charge is 0.298 e. The molecule has 21 heavy (non-hydrogen) atoms. The van der Waals surface area contributed by atoms with Crippen LogP contribution in [0.4, 0.5) is 4.39 Å². The zero-order valence-electron chi connectivity index (χ0n) is 10.7. The number of carbonyl (C=O) groups excluding carboxylic acids is 1. The third-order valence-electron chi connectivity index (χ3n) is 2.95. The van der Waals surface area contributed by atoms with Crippen molar-refractivity contribution in [2.45, 2.75) is 0 Å². The summed E-state index contributed by atoms with van der Waals surface area (Å²) in [5, 5.41) is 4.37. The lowest BCUT2D eigenvalue weighted by Gasteiger charge is -2.03. The summed E-state index contributed by atoms with van der Waals surface area (Å²) < 4.78 is 15.7. The molecule has 0 unspecified atom stereocenters. The summed E-state index contributed by atoms with van der Waals surface area (Å²) in [7, 11) is 0. The number of halogens is 2. The monoisotopic (exact) mass is 345 g/mol. The van der Waals surface area contributed by atoms with Crippen molar-refractivity contribution in [3.05, 3.63) is 64.8 Å². The second kappa shape index (κ2) is 5.57. The molecule has 6 heteroatoms. The summed E-state index contributed by atoms with van der Waals surface area (Å²) in [4.78, 5) is 15.0. The van der Waals surface area contributed by atoms with Crippen molar-refractivity contribution in [1.82, 2.24) is 14.8 Å². The summed E-state index contributed by atoms with van der Waals surface area (Å²) in [6.07, 6.45) is 4.88. The maximum Gasteiger partial charge on any atom is 0.153 e. The van der Waals surface area contributed by atoms with Crippen molar-refractivity contribution < 1.29 is 9.18 Å². The van der Waals surface area contributed by atoms with E-state index in [2.05, 4.69) is 26.0 Å². The third-order valence-corrected chi connectivity index (χ3v) is 3.62. The maximum atomic E-state index is 13.3. The van der Waals surface area contributed by atoms with E-state index in [-0.39, 0.29) is 0 Å². The van der Waals surface area contributed by atoms with Crippen molar-refractivity contribution in [2.75, 3.05) is 0 Å². The van der Waals surface area contributed by atoms with E-state index in [1.165, 1.54) is 12.3 Å². The van der Waals surface area contributed by atoms with Gasteiger partial charge in [0, 0.05) is 22.4 Å². The number of hydrogen-bond acceptors (Lipinski definition) is 3. The standard InChI is InChI=1S/C15H9BrFN3O/c16-13-3-1-2-4-14(13)20-8-11(9-21)15(19-20)10-5-12(17)7-18-6-10/h1-9H. The molecule has 0 aliphatic heterocycles. The summed E-state index contributed by atoms with van der Waals surface area (Å²) in [6, 6.07) is 8.79. The topological polar surface area (TPSA) is 47.8 Å². The first-order valence-corrected chi connectivity index (χ1v) is 6.89. The van der Waals surface area contributed by atoms with E-state index in [4.69, 9.17) is 0 Å². The van der Waals surface area contributed by atoms with Gasteiger partial charge in [-0.05, 0) is 34.1 Å². The Labute approximate surface area is 128 Å². The molecule has 0 bridgehead atoms. The van der Waals surface area contributed by atoms with Gasteiger partial charge in [-0.2, -0.15) is 5.10 Å². The van der Waals surface area contributed by atoms with Crippen molar-refractivity contribution in [2.24, 2.45) is 0 Å². The van der Waals surface area contributed by atoms with Crippen molar-refractivity contribution in [3.8, 4) is 16.9 Å². The Morgan fingerprint density at radius 1 is 1.24 bits per heavy atom. The number of para-hydroxylation sites is 1. The molecule has 0 saturated heterocycles. The van der Waals surface area contributed by atoms with Crippen LogP contribution in [0.1, 0.15) is 10.4 Å². The molecule has 0 N–H and O–H groups in total. The number of carbonyl (C=O) groups is 1. The number of aromatic nitrogens is 3. The van der Waals surface area contributed by atoms with Crippen LogP contribution in [0.25, 0.3) is 16.9 Å². The highest BCUT2D eigenvalue weighted by molar-refractivity contribution is 9.10. The van der Waals surface area contributed by atoms with Crippen LogP contribution in [0.2, 0.25) is 0 Å². The molecule has 0 radical (unpaired) electrons. The van der Waals surface area contributed by atoms with E-state index in [1.54, 1.807) is 10.9 Å². The number of aldehydes is 1. The van der Waals surface area contributed by atoms with Gasteiger partial charge in [0.15, 0.2) is 6.29 Å². The van der Waals surface area contributed by atoms with Crippen molar-refractivity contribution in [3.63, 3.8) is 0 Å². The predicted molar refractivity (Wildman–Crippen MR) is 79.8 cm³/mol. The molecule has 0 aliphatic carbocycles. The summed E-state index contributed by atoms with van der Waals surface area (Å²) in [5.74, 6) is -0.472. The molecule has 3 rings (SSSR count). The first-order chi connectivity index (χ1) is 10.2. The molecule has 0 amide bonds. The fraction of sp³-hybridized carbons (Fsp3) is 0. The zero-order chi connectivity index (χ0) is 14.8. The van der Waals surface area contributed by atoms with E-state index in [0.29, 0.717) is 23.1 Å². The van der Waals surface area contributed by atoms with Crippen LogP contribution in [0.3, 0.4) is 0 Å². The highest BCUT2D eigenvalue weighted by atomic mass is 79.9. The molecule has 0 atom stereocenters. The average Bonchev–Trinajstić information content (AvgIpc) is 2.92. The molecule has 4 nitrogen and oxygen atoms in total. The van der Waals surface area contributed by atoms with Crippen LogP contribution in [0.15, 0.2) is 53.4 Å². The maximum absolute atomic E-state index is 13.3. The van der Waals surface area contributed by atoms with Gasteiger partial charge in [-0.15, -0.1) is 0 Å². The molecular formula is C15H9BrFN3O. The average molecular weight is 346 g/mol. The number of nitrogens with zero attached hydrogens (tertiary/aromatic N) is 3. The quantitative estimate of drug-likeness (QED) is 0.680. The lowest BCUT2D eigenvalue weighted by molar-refractivity contribution is 0.112. The number of hydrogen-bond donors (Lipinski definition) is 0. The van der Waals surface area contributed by atoms with Gasteiger partial charge in [0.1, 0.15) is 11.5 Å². The Bertz CT molecular complexity index is 816. The van der Waals surface area contributed by atoms with Gasteiger partial charge in [0.25, 0.3) is 0 Å². The minimum atomic E-state index is -0.472. The smallest absolute Gasteiger partial charge is 0.153 e. The molecule has 0 aliphatic rings. The normalized spacial score (nSPS) is 10.6. The van der Waals surface area contributed by atoms with E-state index in [9.17, 15) is 9.18 Å². The summed E-state index contributed by atoms with van der Waals surface area (Å²) in [5.41, 5.74) is 2.02. The van der Waals surface area contributed by atoms with Crippen molar-refractivity contribution >= 4 is 22.2 Å². The molecule has 3 aromatic rings. The molecular weight excluding hydrogens is 337 g/mol. The predicted octanol–water partition coefficient (Wildman–Crippen LogP) is 3.65. The minimum absolute atomic E-state index is 0.373. The Hall–Kier alpha value is -2.34. The van der Waals surface area contributed by atoms with E-state index < -0.39 is 5.82 Å². The van der Waals surface area contributed by atoms with Gasteiger partial charge in [-0.3, -0.25) is 9.78 Å². The lowest BCUT2D eigenvalue weighted by Crippen LogP contribution is -1.96. The van der Waals surface area contributed by atoms with Gasteiger partial charge in [0.2, 0.25) is 0 Å². The van der Waals surface area contributed by atoms with Crippen LogP contribution in [0.5, 0.6) is 0 Å². The SMILES string of the molecule is O=Cc1cn(-c2ccccc2Br)nc1-c1cncc(F)c1. The Balaban J connectivity index is 2.15. The van der Waals surface area contributed by atoms with Gasteiger partial charge < -0.3 is 0 Å². The minimum Gasteiger partial charge on any atom is -0.298 e. The molecule has 1 aromatic carbocycles.